The quantitative estimate of drug-likeness (QED) is 0.634. The van der Waals surface area contributed by atoms with Crippen LogP contribution >= 0.6 is 11.8 Å². The van der Waals surface area contributed by atoms with Gasteiger partial charge in [-0.05, 0) is 50.6 Å². The Balaban J connectivity index is 2.56. The Morgan fingerprint density at radius 1 is 1.43 bits per heavy atom. The van der Waals surface area contributed by atoms with Crippen LogP contribution in [0.5, 0.6) is 0 Å². The summed E-state index contributed by atoms with van der Waals surface area (Å²) in [6.07, 6.45) is -0.141. The van der Waals surface area contributed by atoms with Gasteiger partial charge in [-0.1, -0.05) is 24.8 Å². The molecule has 7 heteroatoms. The highest BCUT2D eigenvalue weighted by Gasteiger charge is 2.15. The van der Waals surface area contributed by atoms with E-state index >= 15 is 0 Å². The van der Waals surface area contributed by atoms with Crippen LogP contribution in [0.2, 0.25) is 0 Å². The number of hydrogen-bond donors (Lipinski definition) is 2. The zero-order valence-electron chi connectivity index (χ0n) is 14.0. The van der Waals surface area contributed by atoms with Crippen molar-refractivity contribution in [1.82, 2.24) is 5.32 Å². The lowest BCUT2D eigenvalue weighted by atomic mass is 10.1. The Hall–Kier alpha value is -1.76. The average Bonchev–Trinajstić information content (AvgIpc) is 2.39. The lowest BCUT2D eigenvalue weighted by molar-refractivity contribution is 0.0528. The fraction of sp³-hybridized carbons (Fsp3) is 0.500. The van der Waals surface area contributed by atoms with Crippen LogP contribution in [0, 0.1) is 5.82 Å². The molecule has 1 amide bonds. The summed E-state index contributed by atoms with van der Waals surface area (Å²) in [5, 5.41) is 3.01. The molecule has 0 saturated carbocycles. The number of benzene rings is 1. The van der Waals surface area contributed by atoms with Gasteiger partial charge in [0, 0.05) is 6.54 Å². The van der Waals surface area contributed by atoms with Crippen molar-refractivity contribution in [2.45, 2.75) is 39.7 Å². The number of aliphatic imine (C=N–C) groups is 1. The molecule has 0 atom stereocenters. The van der Waals surface area contributed by atoms with Crippen LogP contribution in [0.15, 0.2) is 23.2 Å². The lowest BCUT2D eigenvalue weighted by Gasteiger charge is -2.19. The van der Waals surface area contributed by atoms with Gasteiger partial charge in [0.2, 0.25) is 0 Å². The minimum absolute atomic E-state index is 0.294. The molecular formula is C16H24FN3O2S. The van der Waals surface area contributed by atoms with Gasteiger partial charge in [0.1, 0.15) is 11.4 Å². The van der Waals surface area contributed by atoms with E-state index in [-0.39, 0.29) is 5.82 Å². The van der Waals surface area contributed by atoms with Crippen molar-refractivity contribution < 1.29 is 13.9 Å². The lowest BCUT2D eigenvalue weighted by Crippen LogP contribution is -2.33. The zero-order valence-corrected chi connectivity index (χ0v) is 14.8. The molecule has 0 aromatic heterocycles. The Morgan fingerprint density at radius 2 is 2.13 bits per heavy atom. The number of thioether (sulfide) groups is 1. The second kappa shape index (κ2) is 8.76. The first-order valence-electron chi connectivity index (χ1n) is 7.43. The van der Waals surface area contributed by atoms with Crippen LogP contribution in [0.1, 0.15) is 33.3 Å². The first kappa shape index (κ1) is 19.3. The molecule has 0 bridgehead atoms. The number of halogens is 1. The van der Waals surface area contributed by atoms with Gasteiger partial charge in [-0.2, -0.15) is 0 Å². The van der Waals surface area contributed by atoms with Crippen molar-refractivity contribution in [3.8, 4) is 0 Å². The molecule has 3 N–H and O–H groups in total. The van der Waals surface area contributed by atoms with E-state index < -0.39 is 11.7 Å². The van der Waals surface area contributed by atoms with E-state index in [9.17, 15) is 9.18 Å². The Morgan fingerprint density at radius 3 is 2.70 bits per heavy atom. The number of ether oxygens (including phenoxy) is 1. The highest BCUT2D eigenvalue weighted by molar-refractivity contribution is 8.13. The van der Waals surface area contributed by atoms with Crippen molar-refractivity contribution >= 4 is 28.7 Å². The Bertz CT molecular complexity index is 571. The third kappa shape index (κ3) is 7.88. The van der Waals surface area contributed by atoms with E-state index in [1.807, 2.05) is 6.92 Å². The first-order valence-corrected chi connectivity index (χ1v) is 8.42. The van der Waals surface area contributed by atoms with Crippen molar-refractivity contribution in [1.29, 1.82) is 0 Å². The number of amides is 1. The molecule has 0 radical (unpaired) electrons. The summed E-state index contributed by atoms with van der Waals surface area (Å²) in [4.78, 5) is 15.6. The predicted molar refractivity (Wildman–Crippen MR) is 93.8 cm³/mol. The number of amidine groups is 1. The predicted octanol–water partition coefficient (Wildman–Crippen LogP) is 3.59. The number of nitrogens with one attached hydrogen (secondary N) is 1. The highest BCUT2D eigenvalue weighted by Crippen LogP contribution is 2.19. The average molecular weight is 341 g/mol. The number of nitrogens with zero attached hydrogens (tertiary/aromatic N) is 1. The van der Waals surface area contributed by atoms with Crippen molar-refractivity contribution in [3.63, 3.8) is 0 Å². The number of carbonyl (C=O) groups is 1. The van der Waals surface area contributed by atoms with E-state index in [1.165, 1.54) is 17.8 Å². The first-order chi connectivity index (χ1) is 10.7. The van der Waals surface area contributed by atoms with Crippen LogP contribution in [0.3, 0.4) is 0 Å². The minimum Gasteiger partial charge on any atom is -0.444 e. The van der Waals surface area contributed by atoms with Crippen LogP contribution in [0.25, 0.3) is 0 Å². The maximum absolute atomic E-state index is 14.0. The second-order valence-corrected chi connectivity index (χ2v) is 7.12. The zero-order chi connectivity index (χ0) is 17.5. The molecule has 0 saturated heterocycles. The molecule has 23 heavy (non-hydrogen) atoms. The van der Waals surface area contributed by atoms with Gasteiger partial charge in [-0.3, -0.25) is 0 Å². The normalized spacial score (nSPS) is 12.1. The van der Waals surface area contributed by atoms with Gasteiger partial charge in [-0.15, -0.1) is 0 Å². The smallest absolute Gasteiger partial charge is 0.407 e. The fourth-order valence-corrected chi connectivity index (χ4v) is 2.20. The molecule has 0 spiro atoms. The van der Waals surface area contributed by atoms with Crippen molar-refractivity contribution in [2.24, 2.45) is 10.7 Å². The molecular weight excluding hydrogens is 317 g/mol. The van der Waals surface area contributed by atoms with E-state index in [0.717, 1.165) is 5.75 Å². The molecule has 0 heterocycles. The fourth-order valence-electron chi connectivity index (χ4n) is 1.73. The van der Waals surface area contributed by atoms with Crippen LogP contribution in [0.4, 0.5) is 14.9 Å². The van der Waals surface area contributed by atoms with Gasteiger partial charge in [0.25, 0.3) is 0 Å². The van der Waals surface area contributed by atoms with E-state index in [0.29, 0.717) is 29.4 Å². The van der Waals surface area contributed by atoms with E-state index in [2.05, 4.69) is 10.3 Å². The SMILES string of the molecule is CCSC(N)=Nc1ccc(CCNC(=O)OC(C)(C)C)c(F)c1. The summed E-state index contributed by atoms with van der Waals surface area (Å²) in [6, 6.07) is 4.69. The summed E-state index contributed by atoms with van der Waals surface area (Å²) in [5.74, 6) is 0.443. The summed E-state index contributed by atoms with van der Waals surface area (Å²) in [6.45, 7) is 7.62. The number of hydrogen-bond acceptors (Lipinski definition) is 4. The molecule has 5 nitrogen and oxygen atoms in total. The summed E-state index contributed by atoms with van der Waals surface area (Å²) >= 11 is 1.40. The van der Waals surface area contributed by atoms with E-state index in [4.69, 9.17) is 10.5 Å². The highest BCUT2D eigenvalue weighted by atomic mass is 32.2. The van der Waals surface area contributed by atoms with Crippen LogP contribution in [-0.2, 0) is 11.2 Å². The van der Waals surface area contributed by atoms with Gasteiger partial charge in [0.05, 0.1) is 5.69 Å². The van der Waals surface area contributed by atoms with E-state index in [1.54, 1.807) is 32.9 Å². The minimum atomic E-state index is -0.550. The van der Waals surface area contributed by atoms with Crippen LogP contribution < -0.4 is 11.1 Å². The second-order valence-electron chi connectivity index (χ2n) is 5.84. The van der Waals surface area contributed by atoms with Gasteiger partial charge < -0.3 is 15.8 Å². The van der Waals surface area contributed by atoms with Gasteiger partial charge in [-0.25, -0.2) is 14.2 Å². The molecule has 0 aliphatic heterocycles. The largest absolute Gasteiger partial charge is 0.444 e. The number of rotatable bonds is 5. The molecule has 128 valence electrons. The van der Waals surface area contributed by atoms with Gasteiger partial charge >= 0.3 is 6.09 Å². The molecule has 0 fully saturated rings. The standard InChI is InChI=1S/C16H24FN3O2S/c1-5-23-14(18)20-12-7-6-11(13(17)10-12)8-9-19-15(21)22-16(2,3)4/h6-7,10H,5,8-9H2,1-4H3,(H2,18,20)(H,19,21). The molecule has 0 aliphatic carbocycles. The number of alkyl carbamates (subject to hydrolysis) is 1. The van der Waals surface area contributed by atoms with Crippen molar-refractivity contribution in [3.05, 3.63) is 29.6 Å². The Labute approximate surface area is 140 Å². The maximum atomic E-state index is 14.0. The number of carbonyl (C=O) groups excluding carboxylic acids is 1. The van der Waals surface area contributed by atoms with Crippen molar-refractivity contribution in [2.75, 3.05) is 12.3 Å². The Kier molecular flexibility index (Phi) is 7.35. The number of nitrogens with two attached hydrogens (primary N) is 1. The molecule has 0 unspecified atom stereocenters. The summed E-state index contributed by atoms with van der Waals surface area (Å²) in [5.41, 5.74) is 6.13. The molecule has 1 rings (SSSR count). The van der Waals surface area contributed by atoms with Gasteiger partial charge in [0.15, 0.2) is 5.17 Å². The third-order valence-corrected chi connectivity index (χ3v) is 3.31. The monoisotopic (exact) mass is 341 g/mol. The summed E-state index contributed by atoms with van der Waals surface area (Å²) in [7, 11) is 0. The topological polar surface area (TPSA) is 76.7 Å². The molecule has 0 aliphatic rings. The molecule has 1 aromatic carbocycles. The van der Waals surface area contributed by atoms with Crippen LogP contribution in [-0.4, -0.2) is 29.2 Å². The third-order valence-electron chi connectivity index (χ3n) is 2.63. The summed E-state index contributed by atoms with van der Waals surface area (Å²) < 4.78 is 19.1. The molecule has 1 aromatic rings. The maximum Gasteiger partial charge on any atom is 0.407 e.